The lowest BCUT2D eigenvalue weighted by Gasteiger charge is -1.99. The summed E-state index contributed by atoms with van der Waals surface area (Å²) in [7, 11) is 0. The van der Waals surface area contributed by atoms with E-state index in [4.69, 9.17) is 9.52 Å². The lowest BCUT2D eigenvalue weighted by atomic mass is 10.2. The third-order valence-corrected chi connectivity index (χ3v) is 2.25. The molecule has 0 spiro atoms. The number of hydrogen-bond donors (Lipinski definition) is 1. The van der Waals surface area contributed by atoms with E-state index in [1.165, 1.54) is 23.0 Å². The second-order valence-corrected chi connectivity index (χ2v) is 3.55. The molecule has 0 aliphatic rings. The van der Waals surface area contributed by atoms with E-state index < -0.39 is 5.97 Å². The molecule has 0 atom stereocenters. The number of aromatic nitrogens is 2. The second-order valence-electron chi connectivity index (χ2n) is 3.55. The molecular formula is C11H10N2O4. The molecule has 0 unspecified atom stereocenters. The Morgan fingerprint density at radius 2 is 2.35 bits per heavy atom. The zero-order valence-corrected chi connectivity index (χ0v) is 9.08. The fraction of sp³-hybridized carbons (Fsp3) is 0.182. The monoisotopic (exact) mass is 234 g/mol. The van der Waals surface area contributed by atoms with Gasteiger partial charge < -0.3 is 9.52 Å². The van der Waals surface area contributed by atoms with Gasteiger partial charge in [-0.25, -0.2) is 9.48 Å². The molecule has 6 heteroatoms. The van der Waals surface area contributed by atoms with Crippen LogP contribution in [-0.2, 0) is 6.54 Å². The highest BCUT2D eigenvalue weighted by atomic mass is 16.4. The molecule has 17 heavy (non-hydrogen) atoms. The maximum absolute atomic E-state index is 11.4. The van der Waals surface area contributed by atoms with Crippen LogP contribution in [0.1, 0.15) is 21.9 Å². The van der Waals surface area contributed by atoms with Crippen LogP contribution in [0.15, 0.2) is 33.6 Å². The van der Waals surface area contributed by atoms with Crippen molar-refractivity contribution in [2.75, 3.05) is 0 Å². The van der Waals surface area contributed by atoms with Crippen molar-refractivity contribution in [3.05, 3.63) is 51.8 Å². The predicted molar refractivity (Wildman–Crippen MR) is 58.0 cm³/mol. The molecule has 0 saturated heterocycles. The molecule has 2 aromatic rings. The Hall–Kier alpha value is -2.37. The number of aromatic carboxylic acids is 1. The molecule has 0 amide bonds. The molecule has 0 radical (unpaired) electrons. The summed E-state index contributed by atoms with van der Waals surface area (Å²) in [6, 6.07) is 4.50. The van der Waals surface area contributed by atoms with Gasteiger partial charge in [0.25, 0.3) is 5.56 Å². The number of rotatable bonds is 3. The van der Waals surface area contributed by atoms with E-state index in [0.717, 1.165) is 0 Å². The first kappa shape index (κ1) is 11.1. The first-order chi connectivity index (χ1) is 8.08. The maximum Gasteiger partial charge on any atom is 0.372 e. The van der Waals surface area contributed by atoms with Crippen molar-refractivity contribution in [1.29, 1.82) is 0 Å². The summed E-state index contributed by atoms with van der Waals surface area (Å²) in [5.41, 5.74) is 0.259. The fourth-order valence-electron chi connectivity index (χ4n) is 1.49. The highest BCUT2D eigenvalue weighted by Crippen LogP contribution is 2.14. The topological polar surface area (TPSA) is 85.3 Å². The largest absolute Gasteiger partial charge is 0.475 e. The normalized spacial score (nSPS) is 10.4. The van der Waals surface area contributed by atoms with E-state index in [0.29, 0.717) is 11.3 Å². The highest BCUT2D eigenvalue weighted by molar-refractivity contribution is 5.86. The first-order valence-corrected chi connectivity index (χ1v) is 4.92. The lowest BCUT2D eigenvalue weighted by Crippen LogP contribution is -2.21. The Balaban J connectivity index is 2.32. The van der Waals surface area contributed by atoms with Gasteiger partial charge in [0.05, 0.1) is 0 Å². The molecule has 0 bridgehead atoms. The summed E-state index contributed by atoms with van der Waals surface area (Å²) in [4.78, 5) is 22.2. The maximum atomic E-state index is 11.4. The van der Waals surface area contributed by atoms with Crippen molar-refractivity contribution in [1.82, 2.24) is 9.78 Å². The minimum Gasteiger partial charge on any atom is -0.475 e. The Labute approximate surface area is 96.1 Å². The van der Waals surface area contributed by atoms with Crippen molar-refractivity contribution in [3.8, 4) is 0 Å². The average molecular weight is 234 g/mol. The molecular weight excluding hydrogens is 224 g/mol. The standard InChI is InChI=1S/C11H10N2O4/c1-7-5-8(17-10(7)11(15)16)6-13-9(14)3-2-4-12-13/h2-5H,6H2,1H3,(H,15,16). The van der Waals surface area contributed by atoms with Crippen LogP contribution < -0.4 is 5.56 Å². The third kappa shape index (κ3) is 2.25. The number of carboxylic acids is 1. The van der Waals surface area contributed by atoms with Gasteiger partial charge in [-0.15, -0.1) is 0 Å². The molecule has 2 heterocycles. The van der Waals surface area contributed by atoms with Crippen molar-refractivity contribution in [2.45, 2.75) is 13.5 Å². The molecule has 0 fully saturated rings. The van der Waals surface area contributed by atoms with Gasteiger partial charge in [0.1, 0.15) is 12.3 Å². The van der Waals surface area contributed by atoms with Crippen LogP contribution in [0, 0.1) is 6.92 Å². The van der Waals surface area contributed by atoms with Gasteiger partial charge in [0.2, 0.25) is 5.76 Å². The van der Waals surface area contributed by atoms with Gasteiger partial charge in [0.15, 0.2) is 0 Å². The van der Waals surface area contributed by atoms with Crippen LogP contribution >= 0.6 is 0 Å². The molecule has 2 rings (SSSR count). The van der Waals surface area contributed by atoms with Crippen LogP contribution in [0.4, 0.5) is 0 Å². The molecule has 0 saturated carbocycles. The molecule has 0 aromatic carbocycles. The summed E-state index contributed by atoms with van der Waals surface area (Å²) in [6.45, 7) is 1.76. The van der Waals surface area contributed by atoms with Crippen LogP contribution in [0.5, 0.6) is 0 Å². The van der Waals surface area contributed by atoms with Crippen LogP contribution in [0.25, 0.3) is 0 Å². The number of aryl methyl sites for hydroxylation is 1. The predicted octanol–water partition coefficient (Wildman–Crippen LogP) is 0.891. The number of nitrogens with zero attached hydrogens (tertiary/aromatic N) is 2. The fourth-order valence-corrected chi connectivity index (χ4v) is 1.49. The Morgan fingerprint density at radius 1 is 1.59 bits per heavy atom. The summed E-state index contributed by atoms with van der Waals surface area (Å²) in [5, 5.41) is 12.7. The molecule has 88 valence electrons. The van der Waals surface area contributed by atoms with Crippen LogP contribution in [0.3, 0.4) is 0 Å². The minimum atomic E-state index is -1.12. The van der Waals surface area contributed by atoms with Gasteiger partial charge in [-0.1, -0.05) is 0 Å². The Morgan fingerprint density at radius 3 is 2.94 bits per heavy atom. The van der Waals surface area contributed by atoms with Gasteiger partial charge in [-0.2, -0.15) is 5.10 Å². The van der Waals surface area contributed by atoms with Crippen molar-refractivity contribution in [3.63, 3.8) is 0 Å². The lowest BCUT2D eigenvalue weighted by molar-refractivity contribution is 0.0659. The summed E-state index contributed by atoms with van der Waals surface area (Å²) in [5.74, 6) is -0.841. The van der Waals surface area contributed by atoms with Crippen LogP contribution in [0.2, 0.25) is 0 Å². The minimum absolute atomic E-state index is 0.107. The SMILES string of the molecule is Cc1cc(Cn2ncccc2=O)oc1C(=O)O. The second kappa shape index (κ2) is 4.25. The highest BCUT2D eigenvalue weighted by Gasteiger charge is 2.14. The number of carboxylic acid groups (broad SMARTS) is 1. The Kier molecular flexibility index (Phi) is 2.78. The summed E-state index contributed by atoms with van der Waals surface area (Å²) < 4.78 is 6.33. The van der Waals surface area contributed by atoms with E-state index in [1.807, 2.05) is 0 Å². The molecule has 6 nitrogen and oxygen atoms in total. The van der Waals surface area contributed by atoms with Crippen molar-refractivity contribution >= 4 is 5.97 Å². The summed E-state index contributed by atoms with van der Waals surface area (Å²) >= 11 is 0. The van der Waals surface area contributed by atoms with Crippen molar-refractivity contribution < 1.29 is 14.3 Å². The van der Waals surface area contributed by atoms with Crippen molar-refractivity contribution in [2.24, 2.45) is 0 Å². The quantitative estimate of drug-likeness (QED) is 0.852. The van der Waals surface area contributed by atoms with E-state index in [-0.39, 0.29) is 17.9 Å². The van der Waals surface area contributed by atoms with E-state index in [2.05, 4.69) is 5.10 Å². The van der Waals surface area contributed by atoms with Crippen LogP contribution in [-0.4, -0.2) is 20.9 Å². The third-order valence-electron chi connectivity index (χ3n) is 2.25. The van der Waals surface area contributed by atoms with Gasteiger partial charge in [0, 0.05) is 17.8 Å². The number of carbonyl (C=O) groups is 1. The molecule has 0 aliphatic carbocycles. The zero-order chi connectivity index (χ0) is 12.4. The Bertz CT molecular complexity index is 612. The molecule has 0 aliphatic heterocycles. The number of hydrogen-bond acceptors (Lipinski definition) is 4. The first-order valence-electron chi connectivity index (χ1n) is 4.92. The molecule has 2 aromatic heterocycles. The van der Waals surface area contributed by atoms with E-state index >= 15 is 0 Å². The van der Waals surface area contributed by atoms with E-state index in [9.17, 15) is 9.59 Å². The van der Waals surface area contributed by atoms with Gasteiger partial charge in [-0.3, -0.25) is 4.79 Å². The average Bonchev–Trinajstić information content (AvgIpc) is 2.63. The number of furan rings is 1. The molecule has 1 N–H and O–H groups in total. The van der Waals surface area contributed by atoms with E-state index in [1.54, 1.807) is 13.0 Å². The summed E-state index contributed by atoms with van der Waals surface area (Å²) in [6.07, 6.45) is 1.48. The smallest absolute Gasteiger partial charge is 0.372 e. The van der Waals surface area contributed by atoms with Gasteiger partial charge >= 0.3 is 5.97 Å². The zero-order valence-electron chi connectivity index (χ0n) is 9.08. The van der Waals surface area contributed by atoms with Gasteiger partial charge in [-0.05, 0) is 19.1 Å².